The quantitative estimate of drug-likeness (QED) is 0.557. The van der Waals surface area contributed by atoms with Gasteiger partial charge in [-0.05, 0) is 62.1 Å². The summed E-state index contributed by atoms with van der Waals surface area (Å²) >= 11 is 6.30. The predicted molar refractivity (Wildman–Crippen MR) is 121 cm³/mol. The van der Waals surface area contributed by atoms with E-state index >= 15 is 0 Å². The highest BCUT2D eigenvalue weighted by Crippen LogP contribution is 2.20. The average molecular weight is 431 g/mol. The lowest BCUT2D eigenvalue weighted by Crippen LogP contribution is -2.49. The van der Waals surface area contributed by atoms with Crippen molar-refractivity contribution in [2.45, 2.75) is 53.1 Å². The summed E-state index contributed by atoms with van der Waals surface area (Å²) < 4.78 is 5.73. The minimum Gasteiger partial charge on any atom is -0.484 e. The molecule has 0 aliphatic heterocycles. The van der Waals surface area contributed by atoms with Gasteiger partial charge in [-0.3, -0.25) is 9.59 Å². The summed E-state index contributed by atoms with van der Waals surface area (Å²) in [6.07, 6.45) is 1.88. The molecular weight excluding hydrogens is 400 g/mol. The molecule has 6 heteroatoms. The lowest BCUT2D eigenvalue weighted by atomic mass is 10.1. The Morgan fingerprint density at radius 2 is 1.87 bits per heavy atom. The van der Waals surface area contributed by atoms with Gasteiger partial charge in [0.15, 0.2) is 6.61 Å². The first kappa shape index (κ1) is 23.7. The van der Waals surface area contributed by atoms with Crippen molar-refractivity contribution in [1.29, 1.82) is 0 Å². The standard InChI is InChI=1S/C24H31ClN2O3/c1-5-6-13-26-24(29)19(4)27(15-20-9-7-8-10-22(20)25)23(28)16-30-21-12-11-17(2)18(3)14-21/h7-12,14,19H,5-6,13,15-16H2,1-4H3,(H,26,29). The molecule has 162 valence electrons. The zero-order valence-corrected chi connectivity index (χ0v) is 19.0. The summed E-state index contributed by atoms with van der Waals surface area (Å²) in [6, 6.07) is 12.4. The van der Waals surface area contributed by atoms with Crippen molar-refractivity contribution < 1.29 is 14.3 Å². The fraction of sp³-hybridized carbons (Fsp3) is 0.417. The van der Waals surface area contributed by atoms with Crippen LogP contribution in [0, 0.1) is 13.8 Å². The molecule has 0 spiro atoms. The maximum atomic E-state index is 13.0. The number of hydrogen-bond donors (Lipinski definition) is 1. The first-order valence-electron chi connectivity index (χ1n) is 10.3. The smallest absolute Gasteiger partial charge is 0.261 e. The second-order valence-corrected chi connectivity index (χ2v) is 7.88. The van der Waals surface area contributed by atoms with E-state index in [4.69, 9.17) is 16.3 Å². The Morgan fingerprint density at radius 1 is 1.13 bits per heavy atom. The van der Waals surface area contributed by atoms with Crippen molar-refractivity contribution in [3.63, 3.8) is 0 Å². The molecule has 5 nitrogen and oxygen atoms in total. The number of hydrogen-bond acceptors (Lipinski definition) is 3. The van der Waals surface area contributed by atoms with Crippen LogP contribution >= 0.6 is 11.6 Å². The van der Waals surface area contributed by atoms with E-state index in [1.54, 1.807) is 13.0 Å². The summed E-state index contributed by atoms with van der Waals surface area (Å²) in [4.78, 5) is 27.2. The Balaban J connectivity index is 2.14. The van der Waals surface area contributed by atoms with Gasteiger partial charge < -0.3 is 15.0 Å². The highest BCUT2D eigenvalue weighted by molar-refractivity contribution is 6.31. The van der Waals surface area contributed by atoms with Gasteiger partial charge in [-0.2, -0.15) is 0 Å². The molecular formula is C24H31ClN2O3. The highest BCUT2D eigenvalue weighted by Gasteiger charge is 2.27. The van der Waals surface area contributed by atoms with Crippen LogP contribution in [-0.2, 0) is 16.1 Å². The first-order valence-corrected chi connectivity index (χ1v) is 10.7. The van der Waals surface area contributed by atoms with Crippen molar-refractivity contribution in [1.82, 2.24) is 10.2 Å². The zero-order valence-electron chi connectivity index (χ0n) is 18.2. The molecule has 0 aliphatic carbocycles. The molecule has 0 radical (unpaired) electrons. The van der Waals surface area contributed by atoms with Gasteiger partial charge in [-0.25, -0.2) is 0 Å². The summed E-state index contributed by atoms with van der Waals surface area (Å²) in [5.41, 5.74) is 3.04. The minimum atomic E-state index is -0.644. The second-order valence-electron chi connectivity index (χ2n) is 7.47. The van der Waals surface area contributed by atoms with E-state index in [0.717, 1.165) is 29.5 Å². The Hall–Kier alpha value is -2.53. The van der Waals surface area contributed by atoms with Gasteiger partial charge in [0.05, 0.1) is 0 Å². The molecule has 1 atom stereocenters. The van der Waals surface area contributed by atoms with E-state index in [1.807, 2.05) is 50.2 Å². The maximum absolute atomic E-state index is 13.0. The summed E-state index contributed by atoms with van der Waals surface area (Å²) in [7, 11) is 0. The number of carbonyl (C=O) groups is 2. The Labute approximate surface area is 184 Å². The molecule has 1 unspecified atom stereocenters. The third-order valence-electron chi connectivity index (χ3n) is 5.14. The van der Waals surface area contributed by atoms with Crippen LogP contribution in [-0.4, -0.2) is 35.9 Å². The Kier molecular flexibility index (Phi) is 9.18. The number of ether oxygens (including phenoxy) is 1. The lowest BCUT2D eigenvalue weighted by molar-refractivity contribution is -0.142. The van der Waals surface area contributed by atoms with Gasteiger partial charge >= 0.3 is 0 Å². The van der Waals surface area contributed by atoms with E-state index in [-0.39, 0.29) is 25.0 Å². The molecule has 0 saturated heterocycles. The molecule has 2 aromatic carbocycles. The Morgan fingerprint density at radius 3 is 2.53 bits per heavy atom. The number of rotatable bonds is 10. The van der Waals surface area contributed by atoms with Crippen LogP contribution < -0.4 is 10.1 Å². The third-order valence-corrected chi connectivity index (χ3v) is 5.50. The molecule has 2 amide bonds. The lowest BCUT2D eigenvalue weighted by Gasteiger charge is -2.29. The SMILES string of the molecule is CCCCNC(=O)C(C)N(Cc1ccccc1Cl)C(=O)COc1ccc(C)c(C)c1. The number of aryl methyl sites for hydroxylation is 2. The van der Waals surface area contributed by atoms with Crippen molar-refractivity contribution in [2.24, 2.45) is 0 Å². The molecule has 0 bridgehead atoms. The molecule has 1 N–H and O–H groups in total. The number of nitrogens with one attached hydrogen (secondary N) is 1. The molecule has 0 heterocycles. The van der Waals surface area contributed by atoms with E-state index in [9.17, 15) is 9.59 Å². The molecule has 0 saturated carbocycles. The van der Waals surface area contributed by atoms with Gasteiger partial charge in [0.25, 0.3) is 5.91 Å². The van der Waals surface area contributed by atoms with Crippen LogP contribution in [0.5, 0.6) is 5.75 Å². The monoisotopic (exact) mass is 430 g/mol. The number of carbonyl (C=O) groups excluding carboxylic acids is 2. The number of halogens is 1. The molecule has 0 fully saturated rings. The maximum Gasteiger partial charge on any atom is 0.261 e. The molecule has 0 aliphatic rings. The first-order chi connectivity index (χ1) is 14.3. The van der Waals surface area contributed by atoms with E-state index in [2.05, 4.69) is 12.2 Å². The van der Waals surface area contributed by atoms with Gasteiger partial charge in [-0.15, -0.1) is 0 Å². The fourth-order valence-corrected chi connectivity index (χ4v) is 3.16. The van der Waals surface area contributed by atoms with Crippen molar-refractivity contribution in [3.8, 4) is 5.75 Å². The highest BCUT2D eigenvalue weighted by atomic mass is 35.5. The number of unbranched alkanes of at least 4 members (excludes halogenated alkanes) is 1. The van der Waals surface area contributed by atoms with Gasteiger partial charge in [0, 0.05) is 18.1 Å². The summed E-state index contributed by atoms with van der Waals surface area (Å²) in [5, 5.41) is 3.46. The normalized spacial score (nSPS) is 11.6. The van der Waals surface area contributed by atoms with Crippen LogP contribution in [0.1, 0.15) is 43.4 Å². The van der Waals surface area contributed by atoms with Crippen LogP contribution in [0.4, 0.5) is 0 Å². The van der Waals surface area contributed by atoms with E-state index in [0.29, 0.717) is 17.3 Å². The summed E-state index contributed by atoms with van der Waals surface area (Å²) in [6.45, 7) is 8.48. The van der Waals surface area contributed by atoms with Crippen LogP contribution in [0.2, 0.25) is 5.02 Å². The van der Waals surface area contributed by atoms with Crippen molar-refractivity contribution >= 4 is 23.4 Å². The van der Waals surface area contributed by atoms with Gasteiger partial charge in [-0.1, -0.05) is 49.2 Å². The van der Waals surface area contributed by atoms with Gasteiger partial charge in [0.2, 0.25) is 5.91 Å². The topological polar surface area (TPSA) is 58.6 Å². The number of nitrogens with zero attached hydrogens (tertiary/aromatic N) is 1. The number of benzene rings is 2. The number of amides is 2. The largest absolute Gasteiger partial charge is 0.484 e. The molecule has 2 aromatic rings. The van der Waals surface area contributed by atoms with Crippen LogP contribution in [0.15, 0.2) is 42.5 Å². The van der Waals surface area contributed by atoms with Crippen LogP contribution in [0.3, 0.4) is 0 Å². The van der Waals surface area contributed by atoms with Crippen LogP contribution in [0.25, 0.3) is 0 Å². The predicted octanol–water partition coefficient (Wildman–Crippen LogP) is 4.67. The average Bonchev–Trinajstić information content (AvgIpc) is 2.73. The van der Waals surface area contributed by atoms with Crippen molar-refractivity contribution in [3.05, 3.63) is 64.2 Å². The van der Waals surface area contributed by atoms with Gasteiger partial charge in [0.1, 0.15) is 11.8 Å². The molecule has 30 heavy (non-hydrogen) atoms. The minimum absolute atomic E-state index is 0.153. The van der Waals surface area contributed by atoms with Crippen molar-refractivity contribution in [2.75, 3.05) is 13.2 Å². The molecule has 2 rings (SSSR count). The Bertz CT molecular complexity index is 869. The van der Waals surface area contributed by atoms with E-state index < -0.39 is 6.04 Å². The second kappa shape index (κ2) is 11.6. The fourth-order valence-electron chi connectivity index (χ4n) is 2.96. The molecule has 0 aromatic heterocycles. The summed E-state index contributed by atoms with van der Waals surface area (Å²) in [5.74, 6) is 0.172. The van der Waals surface area contributed by atoms with E-state index in [1.165, 1.54) is 4.90 Å². The zero-order chi connectivity index (χ0) is 22.1. The third kappa shape index (κ3) is 6.77.